The second-order valence-electron chi connectivity index (χ2n) is 10.1. The molecule has 2 N–H and O–H groups in total. The maximum absolute atomic E-state index is 12.8. The monoisotopic (exact) mass is 491 g/mol. The molecule has 2 aliphatic heterocycles. The van der Waals surface area contributed by atoms with Crippen LogP contribution in [0, 0.1) is 24.2 Å². The number of likely N-dealkylation sites (tertiary alicyclic amines) is 1. The SMILES string of the molecule is CCOC(=O)c1cc(N2CCC3C(CCN3C(C)=O)C2)c(C(=N)C(C)C)c(Nc2cccc(C)c2)n1. The number of nitrogens with one attached hydrogen (secondary N) is 2. The average molecular weight is 492 g/mol. The number of hydrogen-bond donors (Lipinski definition) is 2. The van der Waals surface area contributed by atoms with Crippen LogP contribution in [0.4, 0.5) is 17.2 Å². The first-order valence-electron chi connectivity index (χ1n) is 12.9. The Morgan fingerprint density at radius 1 is 1.22 bits per heavy atom. The van der Waals surface area contributed by atoms with Gasteiger partial charge in [-0.1, -0.05) is 26.0 Å². The number of rotatable bonds is 7. The summed E-state index contributed by atoms with van der Waals surface area (Å²) in [6.45, 7) is 12.0. The normalized spacial score (nSPS) is 19.3. The molecule has 0 aliphatic carbocycles. The number of anilines is 3. The number of aromatic nitrogens is 1. The first-order valence-corrected chi connectivity index (χ1v) is 12.9. The molecule has 8 heteroatoms. The van der Waals surface area contributed by atoms with Gasteiger partial charge in [-0.2, -0.15) is 0 Å². The van der Waals surface area contributed by atoms with Gasteiger partial charge in [0.25, 0.3) is 0 Å². The van der Waals surface area contributed by atoms with E-state index in [1.807, 2.05) is 49.9 Å². The lowest BCUT2D eigenvalue weighted by molar-refractivity contribution is -0.130. The third-order valence-corrected chi connectivity index (χ3v) is 7.19. The number of carbonyl (C=O) groups is 2. The van der Waals surface area contributed by atoms with E-state index in [2.05, 4.69) is 15.2 Å². The molecule has 2 aliphatic rings. The predicted octanol–water partition coefficient (Wildman–Crippen LogP) is 4.78. The Bertz CT molecular complexity index is 1160. The van der Waals surface area contributed by atoms with Gasteiger partial charge in [0.15, 0.2) is 5.69 Å². The van der Waals surface area contributed by atoms with Crippen molar-refractivity contribution in [3.63, 3.8) is 0 Å². The van der Waals surface area contributed by atoms with Gasteiger partial charge < -0.3 is 25.3 Å². The Balaban J connectivity index is 1.80. The van der Waals surface area contributed by atoms with E-state index >= 15 is 0 Å². The Kier molecular flexibility index (Phi) is 7.62. The summed E-state index contributed by atoms with van der Waals surface area (Å²) in [5.74, 6) is 0.465. The van der Waals surface area contributed by atoms with Crippen LogP contribution in [-0.4, -0.2) is 59.8 Å². The zero-order valence-corrected chi connectivity index (χ0v) is 21.9. The van der Waals surface area contributed by atoms with E-state index in [9.17, 15) is 9.59 Å². The highest BCUT2D eigenvalue weighted by molar-refractivity contribution is 6.09. The summed E-state index contributed by atoms with van der Waals surface area (Å²) in [7, 11) is 0. The molecule has 2 atom stereocenters. The third-order valence-electron chi connectivity index (χ3n) is 7.19. The topological polar surface area (TPSA) is 98.6 Å². The summed E-state index contributed by atoms with van der Waals surface area (Å²) in [6.07, 6.45) is 1.82. The van der Waals surface area contributed by atoms with Crippen LogP contribution in [0.3, 0.4) is 0 Å². The van der Waals surface area contributed by atoms with Crippen LogP contribution in [0.2, 0.25) is 0 Å². The van der Waals surface area contributed by atoms with Gasteiger partial charge in [0.2, 0.25) is 5.91 Å². The zero-order chi connectivity index (χ0) is 26.0. The molecular formula is C28H37N5O3. The van der Waals surface area contributed by atoms with E-state index in [0.29, 0.717) is 23.0 Å². The molecule has 2 unspecified atom stereocenters. The summed E-state index contributed by atoms with van der Waals surface area (Å²) in [6, 6.07) is 9.99. The second-order valence-corrected chi connectivity index (χ2v) is 10.1. The summed E-state index contributed by atoms with van der Waals surface area (Å²) >= 11 is 0. The molecule has 36 heavy (non-hydrogen) atoms. The highest BCUT2D eigenvalue weighted by Crippen LogP contribution is 2.38. The Hall–Kier alpha value is -3.42. The maximum atomic E-state index is 12.8. The molecule has 1 amide bonds. The largest absolute Gasteiger partial charge is 0.461 e. The molecule has 2 fully saturated rings. The highest BCUT2D eigenvalue weighted by Gasteiger charge is 2.40. The average Bonchev–Trinajstić information content (AvgIpc) is 3.27. The van der Waals surface area contributed by atoms with Crippen LogP contribution in [0.25, 0.3) is 0 Å². The van der Waals surface area contributed by atoms with Crippen LogP contribution < -0.4 is 10.2 Å². The summed E-state index contributed by atoms with van der Waals surface area (Å²) in [5.41, 5.74) is 4.16. The molecule has 0 radical (unpaired) electrons. The lowest BCUT2D eigenvalue weighted by Gasteiger charge is -2.40. The van der Waals surface area contributed by atoms with E-state index in [1.54, 1.807) is 19.9 Å². The fraction of sp³-hybridized carbons (Fsp3) is 0.500. The van der Waals surface area contributed by atoms with E-state index in [1.165, 1.54) is 0 Å². The minimum atomic E-state index is -0.479. The number of pyridine rings is 1. The van der Waals surface area contributed by atoms with Crippen molar-refractivity contribution in [3.8, 4) is 0 Å². The quantitative estimate of drug-likeness (QED) is 0.427. The first kappa shape index (κ1) is 25.7. The zero-order valence-electron chi connectivity index (χ0n) is 21.9. The summed E-state index contributed by atoms with van der Waals surface area (Å²) in [4.78, 5) is 33.9. The van der Waals surface area contributed by atoms with E-state index in [-0.39, 0.29) is 30.2 Å². The lowest BCUT2D eigenvalue weighted by atomic mass is 9.90. The number of carbonyl (C=O) groups excluding carboxylic acids is 2. The van der Waals surface area contributed by atoms with Crippen molar-refractivity contribution in [2.45, 2.75) is 53.5 Å². The number of piperidine rings is 1. The van der Waals surface area contributed by atoms with Crippen molar-refractivity contribution in [2.75, 3.05) is 36.5 Å². The van der Waals surface area contributed by atoms with Crippen LogP contribution in [0.15, 0.2) is 30.3 Å². The fourth-order valence-corrected chi connectivity index (χ4v) is 5.39. The molecular weight excluding hydrogens is 454 g/mol. The molecule has 3 heterocycles. The van der Waals surface area contributed by atoms with Gasteiger partial charge >= 0.3 is 5.97 Å². The van der Waals surface area contributed by atoms with Gasteiger partial charge in [0, 0.05) is 44.0 Å². The minimum absolute atomic E-state index is 0.0331. The molecule has 1 aromatic carbocycles. The van der Waals surface area contributed by atoms with Gasteiger partial charge in [0.1, 0.15) is 5.82 Å². The number of aryl methyl sites for hydroxylation is 1. The molecule has 2 aromatic rings. The molecule has 0 saturated carbocycles. The third kappa shape index (κ3) is 5.22. The van der Waals surface area contributed by atoms with Crippen molar-refractivity contribution < 1.29 is 14.3 Å². The molecule has 192 valence electrons. The predicted molar refractivity (Wildman–Crippen MR) is 142 cm³/mol. The van der Waals surface area contributed by atoms with Crippen LogP contribution in [0.5, 0.6) is 0 Å². The number of ether oxygens (including phenoxy) is 1. The van der Waals surface area contributed by atoms with Crippen molar-refractivity contribution in [1.82, 2.24) is 9.88 Å². The molecule has 0 spiro atoms. The number of fused-ring (bicyclic) bond motifs is 1. The van der Waals surface area contributed by atoms with E-state index in [4.69, 9.17) is 10.1 Å². The van der Waals surface area contributed by atoms with Crippen molar-refractivity contribution >= 4 is 34.8 Å². The molecule has 8 nitrogen and oxygen atoms in total. The smallest absolute Gasteiger partial charge is 0.357 e. The standard InChI is InChI=1S/C28H37N5O3/c1-6-36-28(35)22-15-24(32-12-11-23-20(16-32)10-13-33(23)19(5)34)25(26(29)17(2)3)27(31-22)30-21-9-7-8-18(4)14-21/h7-9,14-15,17,20,23,29H,6,10-13,16H2,1-5H3,(H,30,31). The summed E-state index contributed by atoms with van der Waals surface area (Å²) in [5, 5.41) is 12.4. The Morgan fingerprint density at radius 2 is 2.00 bits per heavy atom. The van der Waals surface area contributed by atoms with Gasteiger partial charge in [-0.25, -0.2) is 9.78 Å². The van der Waals surface area contributed by atoms with Crippen LogP contribution in [-0.2, 0) is 9.53 Å². The second kappa shape index (κ2) is 10.7. The van der Waals surface area contributed by atoms with Gasteiger partial charge in [-0.15, -0.1) is 0 Å². The van der Waals surface area contributed by atoms with Crippen molar-refractivity contribution in [1.29, 1.82) is 5.41 Å². The van der Waals surface area contributed by atoms with Crippen LogP contribution in [0.1, 0.15) is 62.2 Å². The van der Waals surface area contributed by atoms with Crippen molar-refractivity contribution in [3.05, 3.63) is 47.2 Å². The number of hydrogen-bond acceptors (Lipinski definition) is 7. The number of esters is 1. The molecule has 1 aromatic heterocycles. The molecule has 2 saturated heterocycles. The van der Waals surface area contributed by atoms with Crippen LogP contribution >= 0.6 is 0 Å². The van der Waals surface area contributed by atoms with Gasteiger partial charge in [-0.05, 0) is 62.3 Å². The Morgan fingerprint density at radius 3 is 2.67 bits per heavy atom. The first-order chi connectivity index (χ1) is 17.2. The van der Waals surface area contributed by atoms with E-state index in [0.717, 1.165) is 49.4 Å². The lowest BCUT2D eigenvalue weighted by Crippen LogP contribution is -2.47. The number of nitrogens with zero attached hydrogens (tertiary/aromatic N) is 3. The van der Waals surface area contributed by atoms with Crippen molar-refractivity contribution in [2.24, 2.45) is 11.8 Å². The highest BCUT2D eigenvalue weighted by atomic mass is 16.5. The van der Waals surface area contributed by atoms with E-state index < -0.39 is 5.97 Å². The van der Waals surface area contributed by atoms with Gasteiger partial charge in [-0.3, -0.25) is 4.79 Å². The summed E-state index contributed by atoms with van der Waals surface area (Å²) < 4.78 is 5.31. The maximum Gasteiger partial charge on any atom is 0.357 e. The molecule has 0 bridgehead atoms. The fourth-order valence-electron chi connectivity index (χ4n) is 5.39. The molecule has 4 rings (SSSR count). The van der Waals surface area contributed by atoms with Gasteiger partial charge in [0.05, 0.1) is 17.9 Å². The minimum Gasteiger partial charge on any atom is -0.461 e. The Labute approximate surface area is 213 Å². The number of benzene rings is 1. The number of amides is 1.